The van der Waals surface area contributed by atoms with Gasteiger partial charge in [-0.15, -0.1) is 11.8 Å². The number of aromatic nitrogens is 2. The summed E-state index contributed by atoms with van der Waals surface area (Å²) in [7, 11) is 0. The van der Waals surface area contributed by atoms with Gasteiger partial charge in [0.2, 0.25) is 0 Å². The van der Waals surface area contributed by atoms with E-state index in [1.54, 1.807) is 11.8 Å². The zero-order valence-electron chi connectivity index (χ0n) is 8.24. The molecule has 0 aliphatic heterocycles. The Morgan fingerprint density at radius 3 is 2.69 bits per heavy atom. The number of hydrogen-bond acceptors (Lipinski definition) is 4. The minimum Gasteiger partial charge on any atom is -0.325 e. The average molecular weight is 197 g/mol. The molecule has 0 unspecified atom stereocenters. The summed E-state index contributed by atoms with van der Waals surface area (Å²) in [5.74, 6) is 1.24. The van der Waals surface area contributed by atoms with E-state index < -0.39 is 0 Å². The highest BCUT2D eigenvalue weighted by Gasteiger charge is 2.07. The summed E-state index contributed by atoms with van der Waals surface area (Å²) in [6.45, 7) is 4.64. The van der Waals surface area contributed by atoms with Gasteiger partial charge in [0, 0.05) is 23.6 Å². The Labute approximate surface area is 83.2 Å². The van der Waals surface area contributed by atoms with Crippen LogP contribution in [0.4, 0.5) is 0 Å². The minimum absolute atomic E-state index is 0.362. The van der Waals surface area contributed by atoms with Gasteiger partial charge in [0.1, 0.15) is 5.82 Å². The van der Waals surface area contributed by atoms with Crippen molar-refractivity contribution in [1.82, 2.24) is 9.97 Å². The number of nitrogens with zero attached hydrogens (tertiary/aromatic N) is 2. The zero-order chi connectivity index (χ0) is 9.84. The normalized spacial score (nSPS) is 10.8. The lowest BCUT2D eigenvalue weighted by Crippen LogP contribution is -2.07. The smallest absolute Gasteiger partial charge is 0.131 e. The second-order valence-corrected chi connectivity index (χ2v) is 3.95. The molecule has 0 aromatic carbocycles. The molecular formula is C9H15N3S. The number of nitrogens with two attached hydrogens (primary N) is 1. The van der Waals surface area contributed by atoms with Crippen LogP contribution in [0.3, 0.4) is 0 Å². The Hall–Kier alpha value is -0.610. The van der Waals surface area contributed by atoms with Crippen LogP contribution < -0.4 is 5.73 Å². The molecule has 1 aromatic heterocycles. The predicted octanol–water partition coefficient (Wildman–Crippen LogP) is 1.78. The maximum absolute atomic E-state index is 5.59. The fraction of sp³-hybridized carbons (Fsp3) is 0.556. The van der Waals surface area contributed by atoms with Crippen molar-refractivity contribution < 1.29 is 0 Å². The van der Waals surface area contributed by atoms with Crippen molar-refractivity contribution in [1.29, 1.82) is 0 Å². The highest BCUT2D eigenvalue weighted by molar-refractivity contribution is 7.98. The number of hydrogen-bond donors (Lipinski definition) is 1. The Kier molecular flexibility index (Phi) is 3.69. The largest absolute Gasteiger partial charge is 0.325 e. The van der Waals surface area contributed by atoms with E-state index in [-0.39, 0.29) is 0 Å². The monoisotopic (exact) mass is 197 g/mol. The van der Waals surface area contributed by atoms with E-state index in [9.17, 15) is 0 Å². The van der Waals surface area contributed by atoms with E-state index >= 15 is 0 Å². The van der Waals surface area contributed by atoms with Crippen LogP contribution in [0.1, 0.15) is 31.3 Å². The molecule has 2 N–H and O–H groups in total. The molecule has 0 bridgehead atoms. The average Bonchev–Trinajstić information content (AvgIpc) is 2.16. The molecule has 0 atom stereocenters. The van der Waals surface area contributed by atoms with Gasteiger partial charge < -0.3 is 5.73 Å². The van der Waals surface area contributed by atoms with Crippen molar-refractivity contribution in [2.24, 2.45) is 5.73 Å². The third-order valence-corrected chi connectivity index (χ3v) is 2.56. The van der Waals surface area contributed by atoms with Gasteiger partial charge in [0.15, 0.2) is 0 Å². The van der Waals surface area contributed by atoms with Crippen LogP contribution in [0.5, 0.6) is 0 Å². The van der Waals surface area contributed by atoms with E-state index in [0.717, 1.165) is 16.4 Å². The van der Waals surface area contributed by atoms with Gasteiger partial charge >= 0.3 is 0 Å². The molecule has 0 saturated carbocycles. The molecular weight excluding hydrogens is 182 g/mol. The standard InChI is InChI=1S/C9H15N3S/c1-6(2)9-11-5-8(13-3)7(4-10)12-9/h5-6H,4,10H2,1-3H3. The molecule has 1 heterocycles. The molecule has 0 fully saturated rings. The lowest BCUT2D eigenvalue weighted by Gasteiger charge is -2.08. The lowest BCUT2D eigenvalue weighted by atomic mass is 10.2. The van der Waals surface area contributed by atoms with Gasteiger partial charge in [-0.1, -0.05) is 13.8 Å². The Balaban J connectivity index is 3.05. The molecule has 0 radical (unpaired) electrons. The van der Waals surface area contributed by atoms with Crippen LogP contribution in [0.25, 0.3) is 0 Å². The summed E-state index contributed by atoms with van der Waals surface area (Å²) in [5.41, 5.74) is 6.54. The molecule has 0 amide bonds. The molecule has 4 heteroatoms. The van der Waals surface area contributed by atoms with Gasteiger partial charge in [-0.3, -0.25) is 0 Å². The first-order chi connectivity index (χ1) is 6.19. The topological polar surface area (TPSA) is 51.8 Å². The first-order valence-corrected chi connectivity index (χ1v) is 5.51. The van der Waals surface area contributed by atoms with Crippen LogP contribution in [-0.2, 0) is 6.54 Å². The molecule has 1 rings (SSSR count). The van der Waals surface area contributed by atoms with Crippen LogP contribution in [-0.4, -0.2) is 16.2 Å². The third-order valence-electron chi connectivity index (χ3n) is 1.78. The van der Waals surface area contributed by atoms with Gasteiger partial charge in [-0.2, -0.15) is 0 Å². The van der Waals surface area contributed by atoms with Crippen molar-refractivity contribution in [3.63, 3.8) is 0 Å². The first kappa shape index (κ1) is 10.5. The highest BCUT2D eigenvalue weighted by atomic mass is 32.2. The fourth-order valence-corrected chi connectivity index (χ4v) is 1.54. The first-order valence-electron chi connectivity index (χ1n) is 4.29. The second-order valence-electron chi connectivity index (χ2n) is 3.10. The van der Waals surface area contributed by atoms with Crippen molar-refractivity contribution in [3.8, 4) is 0 Å². The highest BCUT2D eigenvalue weighted by Crippen LogP contribution is 2.19. The minimum atomic E-state index is 0.362. The van der Waals surface area contributed by atoms with E-state index in [2.05, 4.69) is 23.8 Å². The summed E-state index contributed by atoms with van der Waals surface area (Å²) >= 11 is 1.64. The van der Waals surface area contributed by atoms with Gasteiger partial charge in [0.05, 0.1) is 5.69 Å². The molecule has 0 saturated heterocycles. The van der Waals surface area contributed by atoms with Crippen LogP contribution in [0.2, 0.25) is 0 Å². The summed E-state index contributed by atoms with van der Waals surface area (Å²) < 4.78 is 0. The summed E-state index contributed by atoms with van der Waals surface area (Å²) in [4.78, 5) is 9.75. The number of rotatable bonds is 3. The summed E-state index contributed by atoms with van der Waals surface area (Å²) in [6.07, 6.45) is 3.86. The van der Waals surface area contributed by atoms with E-state index in [0.29, 0.717) is 12.5 Å². The second kappa shape index (κ2) is 4.58. The quantitative estimate of drug-likeness (QED) is 0.750. The van der Waals surface area contributed by atoms with Gasteiger partial charge in [0.25, 0.3) is 0 Å². The molecule has 0 spiro atoms. The summed E-state index contributed by atoms with van der Waals surface area (Å²) in [5, 5.41) is 0. The van der Waals surface area contributed by atoms with E-state index in [4.69, 9.17) is 5.73 Å². The Morgan fingerprint density at radius 2 is 2.23 bits per heavy atom. The van der Waals surface area contributed by atoms with Crippen LogP contribution in [0.15, 0.2) is 11.1 Å². The fourth-order valence-electron chi connectivity index (χ4n) is 1.02. The number of thioether (sulfide) groups is 1. The predicted molar refractivity (Wildman–Crippen MR) is 55.8 cm³/mol. The maximum atomic E-state index is 5.59. The molecule has 3 nitrogen and oxygen atoms in total. The van der Waals surface area contributed by atoms with Crippen molar-refractivity contribution in [2.45, 2.75) is 31.2 Å². The Bertz CT molecular complexity index is 286. The molecule has 1 aromatic rings. The van der Waals surface area contributed by atoms with Crippen molar-refractivity contribution >= 4 is 11.8 Å². The summed E-state index contributed by atoms with van der Waals surface area (Å²) in [6, 6.07) is 0. The van der Waals surface area contributed by atoms with Crippen LogP contribution in [0, 0.1) is 0 Å². The lowest BCUT2D eigenvalue weighted by molar-refractivity contribution is 0.742. The SMILES string of the molecule is CSc1cnc(C(C)C)nc1CN. The third kappa shape index (κ3) is 2.42. The molecule has 0 aliphatic carbocycles. The maximum Gasteiger partial charge on any atom is 0.131 e. The zero-order valence-corrected chi connectivity index (χ0v) is 9.06. The van der Waals surface area contributed by atoms with Gasteiger partial charge in [-0.25, -0.2) is 9.97 Å². The molecule has 13 heavy (non-hydrogen) atoms. The van der Waals surface area contributed by atoms with Gasteiger partial charge in [-0.05, 0) is 6.26 Å². The van der Waals surface area contributed by atoms with E-state index in [1.807, 2.05) is 12.5 Å². The van der Waals surface area contributed by atoms with Crippen LogP contribution >= 0.6 is 11.8 Å². The van der Waals surface area contributed by atoms with Crippen molar-refractivity contribution in [3.05, 3.63) is 17.7 Å². The molecule has 0 aliphatic rings. The Morgan fingerprint density at radius 1 is 1.54 bits per heavy atom. The van der Waals surface area contributed by atoms with E-state index in [1.165, 1.54) is 0 Å². The van der Waals surface area contributed by atoms with Crippen molar-refractivity contribution in [2.75, 3.05) is 6.26 Å². The molecule has 72 valence electrons.